The van der Waals surface area contributed by atoms with Crippen molar-refractivity contribution in [1.29, 1.82) is 5.26 Å². The zero-order valence-electron chi connectivity index (χ0n) is 10.1. The second kappa shape index (κ2) is 6.21. The van der Waals surface area contributed by atoms with Gasteiger partial charge in [0.05, 0.1) is 24.9 Å². The molecule has 1 amide bonds. The number of amides is 1. The topological polar surface area (TPSA) is 91.0 Å². The third kappa shape index (κ3) is 3.57. The van der Waals surface area contributed by atoms with Crippen molar-refractivity contribution < 1.29 is 9.21 Å². The maximum Gasteiger partial charge on any atom is 0.239 e. The van der Waals surface area contributed by atoms with Crippen molar-refractivity contribution in [1.82, 2.24) is 10.3 Å². The van der Waals surface area contributed by atoms with Crippen molar-refractivity contribution in [3.8, 4) is 6.07 Å². The summed E-state index contributed by atoms with van der Waals surface area (Å²) in [5.41, 5.74) is 0.404. The number of carbonyl (C=O) groups is 1. The fraction of sp³-hybridized carbons (Fsp3) is 0.154. The highest BCUT2D eigenvalue weighted by atomic mass is 16.3. The van der Waals surface area contributed by atoms with Gasteiger partial charge in [0.25, 0.3) is 0 Å². The largest absolute Gasteiger partial charge is 0.467 e. The molecule has 96 valence electrons. The van der Waals surface area contributed by atoms with E-state index >= 15 is 0 Å². The average molecular weight is 256 g/mol. The van der Waals surface area contributed by atoms with Crippen LogP contribution in [-0.4, -0.2) is 17.4 Å². The molecule has 6 nitrogen and oxygen atoms in total. The lowest BCUT2D eigenvalue weighted by Gasteiger charge is -2.07. The van der Waals surface area contributed by atoms with Gasteiger partial charge in [0.1, 0.15) is 17.6 Å². The van der Waals surface area contributed by atoms with Crippen LogP contribution >= 0.6 is 0 Å². The number of pyridine rings is 1. The molecule has 0 spiro atoms. The van der Waals surface area contributed by atoms with E-state index in [9.17, 15) is 4.79 Å². The Morgan fingerprint density at radius 1 is 1.42 bits per heavy atom. The van der Waals surface area contributed by atoms with Crippen LogP contribution in [0.5, 0.6) is 0 Å². The Bertz CT molecular complexity index is 587. The first-order valence-electron chi connectivity index (χ1n) is 5.67. The molecular weight excluding hydrogens is 244 g/mol. The van der Waals surface area contributed by atoms with Crippen LogP contribution in [0.4, 0.5) is 5.82 Å². The molecule has 0 saturated carbocycles. The Labute approximate surface area is 110 Å². The molecule has 0 saturated heterocycles. The molecule has 0 aliphatic rings. The summed E-state index contributed by atoms with van der Waals surface area (Å²) in [5, 5.41) is 14.4. The van der Waals surface area contributed by atoms with Crippen LogP contribution in [0.15, 0.2) is 41.1 Å². The number of hydrogen-bond donors (Lipinski definition) is 2. The first-order valence-corrected chi connectivity index (χ1v) is 5.67. The number of carbonyl (C=O) groups excluding carboxylic acids is 1. The van der Waals surface area contributed by atoms with Gasteiger partial charge < -0.3 is 15.1 Å². The first-order chi connectivity index (χ1) is 9.29. The van der Waals surface area contributed by atoms with Gasteiger partial charge in [-0.1, -0.05) is 0 Å². The maximum absolute atomic E-state index is 11.6. The number of nitrogens with zero attached hydrogens (tertiary/aromatic N) is 2. The van der Waals surface area contributed by atoms with Gasteiger partial charge in [-0.2, -0.15) is 5.26 Å². The first kappa shape index (κ1) is 12.6. The molecule has 0 atom stereocenters. The van der Waals surface area contributed by atoms with Gasteiger partial charge in [-0.05, 0) is 24.3 Å². The fourth-order valence-electron chi connectivity index (χ4n) is 1.46. The summed E-state index contributed by atoms with van der Waals surface area (Å²) in [6.07, 6.45) is 3.11. The van der Waals surface area contributed by atoms with Gasteiger partial charge in [-0.3, -0.25) is 4.79 Å². The lowest BCUT2D eigenvalue weighted by Crippen LogP contribution is -2.29. The summed E-state index contributed by atoms with van der Waals surface area (Å²) in [5.74, 6) is 0.882. The van der Waals surface area contributed by atoms with Crippen molar-refractivity contribution in [2.75, 3.05) is 11.9 Å². The standard InChI is InChI=1S/C13H12N4O2/c14-7-10-3-1-5-15-13(10)17-9-12(18)16-8-11-4-2-6-19-11/h1-6H,8-9H2,(H,15,17)(H,16,18). The van der Waals surface area contributed by atoms with Crippen molar-refractivity contribution in [2.45, 2.75) is 6.54 Å². The minimum Gasteiger partial charge on any atom is -0.467 e. The van der Waals surface area contributed by atoms with Crippen LogP contribution in [0.3, 0.4) is 0 Å². The highest BCUT2D eigenvalue weighted by Crippen LogP contribution is 2.08. The van der Waals surface area contributed by atoms with Crippen LogP contribution in [-0.2, 0) is 11.3 Å². The number of nitriles is 1. The predicted octanol–water partition coefficient (Wildman–Crippen LogP) is 1.27. The molecule has 2 aromatic rings. The Morgan fingerprint density at radius 2 is 2.32 bits per heavy atom. The fourth-order valence-corrected chi connectivity index (χ4v) is 1.46. The lowest BCUT2D eigenvalue weighted by atomic mass is 10.3. The quantitative estimate of drug-likeness (QED) is 0.840. The van der Waals surface area contributed by atoms with Gasteiger partial charge in [0.2, 0.25) is 5.91 Å². The zero-order chi connectivity index (χ0) is 13.5. The second-order valence-electron chi connectivity index (χ2n) is 3.72. The molecule has 19 heavy (non-hydrogen) atoms. The molecule has 2 N–H and O–H groups in total. The van der Waals surface area contributed by atoms with E-state index in [1.165, 1.54) is 0 Å². The number of rotatable bonds is 5. The third-order valence-electron chi connectivity index (χ3n) is 2.38. The number of hydrogen-bond acceptors (Lipinski definition) is 5. The van der Waals surface area contributed by atoms with Crippen molar-refractivity contribution >= 4 is 11.7 Å². The minimum atomic E-state index is -0.203. The van der Waals surface area contributed by atoms with E-state index < -0.39 is 0 Å². The molecule has 0 aromatic carbocycles. The van der Waals surface area contributed by atoms with E-state index in [1.54, 1.807) is 36.7 Å². The minimum absolute atomic E-state index is 0.0480. The van der Waals surface area contributed by atoms with Gasteiger partial charge >= 0.3 is 0 Å². The summed E-state index contributed by atoms with van der Waals surface area (Å²) < 4.78 is 5.09. The molecule has 0 radical (unpaired) electrons. The Morgan fingerprint density at radius 3 is 3.05 bits per heavy atom. The SMILES string of the molecule is N#Cc1cccnc1NCC(=O)NCc1ccco1. The van der Waals surface area contributed by atoms with Crippen LogP contribution < -0.4 is 10.6 Å². The van der Waals surface area contributed by atoms with Crippen LogP contribution in [0.25, 0.3) is 0 Å². The summed E-state index contributed by atoms with van der Waals surface area (Å²) in [6, 6.07) is 8.84. The molecule has 0 aliphatic heterocycles. The molecule has 0 unspecified atom stereocenters. The lowest BCUT2D eigenvalue weighted by molar-refractivity contribution is -0.119. The van der Waals surface area contributed by atoms with Gasteiger partial charge in [0, 0.05) is 6.20 Å². The molecule has 6 heteroatoms. The van der Waals surface area contributed by atoms with E-state index in [0.29, 0.717) is 23.7 Å². The number of nitrogens with one attached hydrogen (secondary N) is 2. The van der Waals surface area contributed by atoms with E-state index in [0.717, 1.165) is 0 Å². The van der Waals surface area contributed by atoms with E-state index in [2.05, 4.69) is 15.6 Å². The molecule has 0 aliphatic carbocycles. The van der Waals surface area contributed by atoms with Crippen molar-refractivity contribution in [3.05, 3.63) is 48.0 Å². The van der Waals surface area contributed by atoms with Crippen molar-refractivity contribution in [3.63, 3.8) is 0 Å². The second-order valence-corrected chi connectivity index (χ2v) is 3.72. The predicted molar refractivity (Wildman–Crippen MR) is 68.0 cm³/mol. The highest BCUT2D eigenvalue weighted by molar-refractivity contribution is 5.80. The van der Waals surface area contributed by atoms with Crippen molar-refractivity contribution in [2.24, 2.45) is 0 Å². The highest BCUT2D eigenvalue weighted by Gasteiger charge is 2.05. The van der Waals surface area contributed by atoms with Gasteiger partial charge in [-0.15, -0.1) is 0 Å². The molecule has 2 aromatic heterocycles. The zero-order valence-corrected chi connectivity index (χ0v) is 10.1. The van der Waals surface area contributed by atoms with E-state index in [4.69, 9.17) is 9.68 Å². The Kier molecular flexibility index (Phi) is 4.13. The number of aromatic nitrogens is 1. The molecule has 0 bridgehead atoms. The smallest absolute Gasteiger partial charge is 0.239 e. The molecule has 2 rings (SSSR count). The van der Waals surface area contributed by atoms with Gasteiger partial charge in [0.15, 0.2) is 0 Å². The van der Waals surface area contributed by atoms with E-state index in [1.807, 2.05) is 6.07 Å². The van der Waals surface area contributed by atoms with Crippen LogP contribution in [0, 0.1) is 11.3 Å². The third-order valence-corrected chi connectivity index (χ3v) is 2.38. The van der Waals surface area contributed by atoms with Crippen LogP contribution in [0.2, 0.25) is 0 Å². The maximum atomic E-state index is 11.6. The molecule has 2 heterocycles. The normalized spacial score (nSPS) is 9.63. The molecular formula is C13H12N4O2. The summed E-state index contributed by atoms with van der Waals surface area (Å²) in [6.45, 7) is 0.382. The summed E-state index contributed by atoms with van der Waals surface area (Å²) >= 11 is 0. The van der Waals surface area contributed by atoms with E-state index in [-0.39, 0.29) is 12.5 Å². The Hall–Kier alpha value is -2.81. The monoisotopic (exact) mass is 256 g/mol. The van der Waals surface area contributed by atoms with Gasteiger partial charge in [-0.25, -0.2) is 4.98 Å². The number of anilines is 1. The summed E-state index contributed by atoms with van der Waals surface area (Å²) in [4.78, 5) is 15.6. The summed E-state index contributed by atoms with van der Waals surface area (Å²) in [7, 11) is 0. The Balaban J connectivity index is 1.82. The van der Waals surface area contributed by atoms with Crippen LogP contribution in [0.1, 0.15) is 11.3 Å². The number of furan rings is 1. The average Bonchev–Trinajstić information content (AvgIpc) is 2.96. The molecule has 0 fully saturated rings.